The first-order valence-corrected chi connectivity index (χ1v) is 7.10. The van der Waals surface area contributed by atoms with E-state index in [9.17, 15) is 4.79 Å². The van der Waals surface area contributed by atoms with Crippen LogP contribution in [0.2, 0.25) is 0 Å². The smallest absolute Gasteiger partial charge is 0.233 e. The van der Waals surface area contributed by atoms with Crippen LogP contribution in [-0.4, -0.2) is 37.7 Å². The van der Waals surface area contributed by atoms with Crippen LogP contribution in [0.15, 0.2) is 0 Å². The van der Waals surface area contributed by atoms with Crippen LogP contribution in [-0.2, 0) is 9.53 Å². The summed E-state index contributed by atoms with van der Waals surface area (Å²) in [5.74, 6) is 1.14. The highest BCUT2D eigenvalue weighted by atomic mass is 16.5. The van der Waals surface area contributed by atoms with Gasteiger partial charge in [0.25, 0.3) is 0 Å². The molecular formula is C14H28N2O2. The van der Waals surface area contributed by atoms with E-state index >= 15 is 0 Å². The van der Waals surface area contributed by atoms with E-state index in [-0.39, 0.29) is 5.91 Å². The lowest BCUT2D eigenvalue weighted by molar-refractivity contribution is -0.120. The highest BCUT2D eigenvalue weighted by molar-refractivity contribution is 5.77. The van der Waals surface area contributed by atoms with Gasteiger partial charge in [-0.25, -0.2) is 0 Å². The Bertz CT molecular complexity index is 254. The normalized spacial score (nSPS) is 24.6. The summed E-state index contributed by atoms with van der Waals surface area (Å²) in [6.45, 7) is 10.5. The minimum Gasteiger partial charge on any atom is -0.378 e. The first-order valence-electron chi connectivity index (χ1n) is 7.10. The van der Waals surface area contributed by atoms with Crippen molar-refractivity contribution in [2.45, 2.75) is 52.7 Å². The van der Waals surface area contributed by atoms with Gasteiger partial charge < -0.3 is 15.4 Å². The molecule has 1 aliphatic rings. The Labute approximate surface area is 111 Å². The van der Waals surface area contributed by atoms with Crippen molar-refractivity contribution in [3.05, 3.63) is 0 Å². The van der Waals surface area contributed by atoms with E-state index in [1.54, 1.807) is 0 Å². The molecule has 0 bridgehead atoms. The molecule has 1 amide bonds. The fraction of sp³-hybridized carbons (Fsp3) is 0.929. The predicted molar refractivity (Wildman–Crippen MR) is 73.5 cm³/mol. The molecule has 4 heteroatoms. The summed E-state index contributed by atoms with van der Waals surface area (Å²) in [6, 6.07) is 0.413. The Morgan fingerprint density at radius 2 is 2.06 bits per heavy atom. The lowest BCUT2D eigenvalue weighted by Crippen LogP contribution is -2.45. The van der Waals surface area contributed by atoms with Gasteiger partial charge in [0.15, 0.2) is 0 Å². The minimum atomic E-state index is 0.0938. The Balaban J connectivity index is 2.20. The zero-order chi connectivity index (χ0) is 13.5. The second kappa shape index (κ2) is 7.74. The number of amides is 1. The van der Waals surface area contributed by atoms with Crippen molar-refractivity contribution in [2.24, 2.45) is 11.8 Å². The van der Waals surface area contributed by atoms with Crippen molar-refractivity contribution in [3.8, 4) is 0 Å². The van der Waals surface area contributed by atoms with Crippen LogP contribution in [0.3, 0.4) is 0 Å². The standard InChI is InChI=1S/C14H28N2O2/c1-10(2)8-16-14(17)9-15-12-5-6-18-13(7-12)11(3)4/h10-13,15H,5-9H2,1-4H3,(H,16,17). The van der Waals surface area contributed by atoms with E-state index in [1.165, 1.54) is 0 Å². The summed E-state index contributed by atoms with van der Waals surface area (Å²) in [5, 5.41) is 6.26. The van der Waals surface area contributed by atoms with Gasteiger partial charge in [-0.2, -0.15) is 0 Å². The van der Waals surface area contributed by atoms with Crippen molar-refractivity contribution in [1.29, 1.82) is 0 Å². The SMILES string of the molecule is CC(C)CNC(=O)CNC1CCOC(C(C)C)C1. The minimum absolute atomic E-state index is 0.0938. The number of carbonyl (C=O) groups is 1. The molecule has 0 aromatic heterocycles. The molecule has 0 radical (unpaired) electrons. The third kappa shape index (κ3) is 5.83. The number of ether oxygens (including phenoxy) is 1. The first kappa shape index (κ1) is 15.4. The molecule has 2 atom stereocenters. The highest BCUT2D eigenvalue weighted by Crippen LogP contribution is 2.19. The van der Waals surface area contributed by atoms with E-state index in [2.05, 4.69) is 38.3 Å². The van der Waals surface area contributed by atoms with Gasteiger partial charge in [-0.3, -0.25) is 4.79 Å². The Morgan fingerprint density at radius 3 is 2.67 bits per heavy atom. The van der Waals surface area contributed by atoms with E-state index in [4.69, 9.17) is 4.74 Å². The molecule has 18 heavy (non-hydrogen) atoms. The molecule has 0 saturated carbocycles. The van der Waals surface area contributed by atoms with Crippen LogP contribution in [0, 0.1) is 11.8 Å². The summed E-state index contributed by atoms with van der Waals surface area (Å²) in [7, 11) is 0. The molecule has 1 aliphatic heterocycles. The van der Waals surface area contributed by atoms with Crippen LogP contribution in [0.25, 0.3) is 0 Å². The maximum absolute atomic E-state index is 11.6. The van der Waals surface area contributed by atoms with Crippen LogP contribution >= 0.6 is 0 Å². The predicted octanol–water partition coefficient (Wildman–Crippen LogP) is 1.55. The molecule has 1 saturated heterocycles. The Morgan fingerprint density at radius 1 is 1.33 bits per heavy atom. The molecule has 2 N–H and O–H groups in total. The van der Waals surface area contributed by atoms with Crippen molar-refractivity contribution in [3.63, 3.8) is 0 Å². The van der Waals surface area contributed by atoms with Gasteiger partial charge in [0.05, 0.1) is 12.6 Å². The fourth-order valence-corrected chi connectivity index (χ4v) is 2.10. The molecule has 2 unspecified atom stereocenters. The molecular weight excluding hydrogens is 228 g/mol. The van der Waals surface area contributed by atoms with Crippen LogP contribution in [0.4, 0.5) is 0 Å². The molecule has 4 nitrogen and oxygen atoms in total. The Kier molecular flexibility index (Phi) is 6.65. The fourth-order valence-electron chi connectivity index (χ4n) is 2.10. The van der Waals surface area contributed by atoms with E-state index < -0.39 is 0 Å². The number of nitrogens with one attached hydrogen (secondary N) is 2. The number of hydrogen-bond acceptors (Lipinski definition) is 3. The van der Waals surface area contributed by atoms with Gasteiger partial charge in [0, 0.05) is 19.2 Å². The van der Waals surface area contributed by atoms with Crippen molar-refractivity contribution in [2.75, 3.05) is 19.7 Å². The zero-order valence-electron chi connectivity index (χ0n) is 12.2. The lowest BCUT2D eigenvalue weighted by atomic mass is 9.95. The van der Waals surface area contributed by atoms with Gasteiger partial charge in [0.2, 0.25) is 5.91 Å². The van der Waals surface area contributed by atoms with Crippen LogP contribution < -0.4 is 10.6 Å². The number of carbonyl (C=O) groups excluding carboxylic acids is 1. The summed E-state index contributed by atoms with van der Waals surface area (Å²) >= 11 is 0. The molecule has 1 fully saturated rings. The highest BCUT2D eigenvalue weighted by Gasteiger charge is 2.24. The second-order valence-electron chi connectivity index (χ2n) is 5.95. The van der Waals surface area contributed by atoms with Gasteiger partial charge in [-0.1, -0.05) is 27.7 Å². The monoisotopic (exact) mass is 256 g/mol. The molecule has 0 aromatic carbocycles. The van der Waals surface area contributed by atoms with Gasteiger partial charge in [-0.15, -0.1) is 0 Å². The average molecular weight is 256 g/mol. The third-order valence-electron chi connectivity index (χ3n) is 3.32. The number of hydrogen-bond donors (Lipinski definition) is 2. The summed E-state index contributed by atoms with van der Waals surface area (Å²) < 4.78 is 5.71. The van der Waals surface area contributed by atoms with Crippen molar-refractivity contribution >= 4 is 5.91 Å². The van der Waals surface area contributed by atoms with Gasteiger partial charge in [0.1, 0.15) is 0 Å². The molecule has 0 aliphatic carbocycles. The van der Waals surface area contributed by atoms with Gasteiger partial charge >= 0.3 is 0 Å². The van der Waals surface area contributed by atoms with E-state index in [1.807, 2.05) is 0 Å². The zero-order valence-corrected chi connectivity index (χ0v) is 12.2. The van der Waals surface area contributed by atoms with Crippen molar-refractivity contribution in [1.82, 2.24) is 10.6 Å². The largest absolute Gasteiger partial charge is 0.378 e. The quantitative estimate of drug-likeness (QED) is 0.758. The molecule has 0 aromatic rings. The molecule has 1 heterocycles. The maximum Gasteiger partial charge on any atom is 0.233 e. The van der Waals surface area contributed by atoms with E-state index in [0.29, 0.717) is 30.5 Å². The number of rotatable bonds is 6. The average Bonchev–Trinajstić information content (AvgIpc) is 2.34. The van der Waals surface area contributed by atoms with Crippen LogP contribution in [0.1, 0.15) is 40.5 Å². The van der Waals surface area contributed by atoms with Crippen molar-refractivity contribution < 1.29 is 9.53 Å². The van der Waals surface area contributed by atoms with Crippen LogP contribution in [0.5, 0.6) is 0 Å². The maximum atomic E-state index is 11.6. The molecule has 106 valence electrons. The summed E-state index contributed by atoms with van der Waals surface area (Å²) in [6.07, 6.45) is 2.34. The second-order valence-corrected chi connectivity index (χ2v) is 5.95. The summed E-state index contributed by atoms with van der Waals surface area (Å²) in [4.78, 5) is 11.6. The summed E-state index contributed by atoms with van der Waals surface area (Å²) in [5.41, 5.74) is 0. The Hall–Kier alpha value is -0.610. The van der Waals surface area contributed by atoms with Gasteiger partial charge in [-0.05, 0) is 24.7 Å². The lowest BCUT2D eigenvalue weighted by Gasteiger charge is -2.32. The molecule has 1 rings (SSSR count). The first-order chi connectivity index (χ1) is 8.49. The van der Waals surface area contributed by atoms with E-state index in [0.717, 1.165) is 26.0 Å². The molecule has 0 spiro atoms. The topological polar surface area (TPSA) is 50.4 Å². The third-order valence-corrected chi connectivity index (χ3v) is 3.32.